The van der Waals surface area contributed by atoms with Crippen molar-refractivity contribution in [1.29, 1.82) is 0 Å². The molecule has 0 radical (unpaired) electrons. The lowest BCUT2D eigenvalue weighted by Gasteiger charge is -2.48. The van der Waals surface area contributed by atoms with Gasteiger partial charge in [-0.25, -0.2) is 0 Å². The molecule has 1 aliphatic heterocycles. The number of hydrogen-bond donors (Lipinski definition) is 1. The van der Waals surface area contributed by atoms with Gasteiger partial charge >= 0.3 is 0 Å². The molecule has 2 atom stereocenters. The van der Waals surface area contributed by atoms with Gasteiger partial charge in [0.05, 0.1) is 6.10 Å². The SMILES string of the molecule is CCN1CCN(C2CCCC(C)(C)C2O)CC1. The van der Waals surface area contributed by atoms with Crippen molar-refractivity contribution in [2.45, 2.75) is 52.2 Å². The molecular weight excluding hydrogens is 212 g/mol. The highest BCUT2D eigenvalue weighted by Gasteiger charge is 2.40. The van der Waals surface area contributed by atoms with Crippen LogP contribution in [0.15, 0.2) is 0 Å². The highest BCUT2D eigenvalue weighted by atomic mass is 16.3. The summed E-state index contributed by atoms with van der Waals surface area (Å²) in [5, 5.41) is 10.5. The van der Waals surface area contributed by atoms with E-state index >= 15 is 0 Å². The molecule has 0 spiro atoms. The van der Waals surface area contributed by atoms with Crippen molar-refractivity contribution in [3.05, 3.63) is 0 Å². The Morgan fingerprint density at radius 1 is 1.18 bits per heavy atom. The van der Waals surface area contributed by atoms with Gasteiger partial charge in [-0.1, -0.05) is 27.2 Å². The molecule has 0 aromatic heterocycles. The Balaban J connectivity index is 1.94. The summed E-state index contributed by atoms with van der Waals surface area (Å²) in [6, 6.07) is 0.401. The van der Waals surface area contributed by atoms with Crippen LogP contribution in [0.1, 0.15) is 40.0 Å². The van der Waals surface area contributed by atoms with Gasteiger partial charge in [0.1, 0.15) is 0 Å². The first-order valence-electron chi connectivity index (χ1n) is 7.19. The lowest BCUT2D eigenvalue weighted by molar-refractivity contribution is -0.0672. The van der Waals surface area contributed by atoms with Crippen molar-refractivity contribution in [3.63, 3.8) is 0 Å². The number of nitrogens with zero attached hydrogens (tertiary/aromatic N) is 2. The number of aliphatic hydroxyl groups is 1. The van der Waals surface area contributed by atoms with Gasteiger partial charge in [-0.3, -0.25) is 4.90 Å². The molecular formula is C14H28N2O. The molecule has 1 aliphatic carbocycles. The molecule has 1 N–H and O–H groups in total. The molecule has 17 heavy (non-hydrogen) atoms. The average molecular weight is 240 g/mol. The van der Waals surface area contributed by atoms with Crippen LogP contribution < -0.4 is 0 Å². The lowest BCUT2D eigenvalue weighted by Crippen LogP contribution is -2.57. The Kier molecular flexibility index (Phi) is 4.11. The number of piperazine rings is 1. The Morgan fingerprint density at radius 2 is 1.82 bits per heavy atom. The van der Waals surface area contributed by atoms with Crippen LogP contribution in [0.25, 0.3) is 0 Å². The minimum absolute atomic E-state index is 0.102. The van der Waals surface area contributed by atoms with Gasteiger partial charge in [-0.2, -0.15) is 0 Å². The van der Waals surface area contributed by atoms with Crippen LogP contribution in [0.3, 0.4) is 0 Å². The summed E-state index contributed by atoms with van der Waals surface area (Å²) < 4.78 is 0. The number of likely N-dealkylation sites (N-methyl/N-ethyl adjacent to an activating group) is 1. The zero-order valence-corrected chi connectivity index (χ0v) is 11.7. The highest BCUT2D eigenvalue weighted by Crippen LogP contribution is 2.37. The Labute approximate surface area is 106 Å². The third-order valence-corrected chi connectivity index (χ3v) is 4.81. The van der Waals surface area contributed by atoms with Crippen molar-refractivity contribution < 1.29 is 5.11 Å². The standard InChI is InChI=1S/C14H28N2O/c1-4-15-8-10-16(11-9-15)12-6-5-7-14(2,3)13(12)17/h12-13,17H,4-11H2,1-3H3. The maximum atomic E-state index is 10.5. The van der Waals surface area contributed by atoms with E-state index < -0.39 is 0 Å². The summed E-state index contributed by atoms with van der Waals surface area (Å²) in [5.74, 6) is 0. The average Bonchev–Trinajstić information content (AvgIpc) is 2.33. The Morgan fingerprint density at radius 3 is 2.41 bits per heavy atom. The highest BCUT2D eigenvalue weighted by molar-refractivity contribution is 4.94. The van der Waals surface area contributed by atoms with Gasteiger partial charge in [0, 0.05) is 32.2 Å². The van der Waals surface area contributed by atoms with Gasteiger partial charge in [0.25, 0.3) is 0 Å². The predicted molar refractivity (Wildman–Crippen MR) is 71.1 cm³/mol. The van der Waals surface area contributed by atoms with E-state index in [-0.39, 0.29) is 11.5 Å². The second-order valence-electron chi connectivity index (χ2n) is 6.36. The summed E-state index contributed by atoms with van der Waals surface area (Å²) in [7, 11) is 0. The van der Waals surface area contributed by atoms with Crippen molar-refractivity contribution in [3.8, 4) is 0 Å². The first-order chi connectivity index (χ1) is 8.04. The normalized spacial score (nSPS) is 36.0. The molecule has 0 aromatic rings. The van der Waals surface area contributed by atoms with Crippen LogP contribution >= 0.6 is 0 Å². The summed E-state index contributed by atoms with van der Waals surface area (Å²) in [4.78, 5) is 5.02. The van der Waals surface area contributed by atoms with Crippen molar-refractivity contribution in [1.82, 2.24) is 9.80 Å². The van der Waals surface area contributed by atoms with Crippen LogP contribution in [-0.2, 0) is 0 Å². The van der Waals surface area contributed by atoms with Gasteiger partial charge < -0.3 is 10.0 Å². The van der Waals surface area contributed by atoms with E-state index in [1.54, 1.807) is 0 Å². The Bertz CT molecular complexity index is 247. The number of hydrogen-bond acceptors (Lipinski definition) is 3. The largest absolute Gasteiger partial charge is 0.391 e. The summed E-state index contributed by atoms with van der Waals surface area (Å²) in [6.45, 7) is 12.4. The molecule has 0 amide bonds. The minimum atomic E-state index is -0.149. The van der Waals surface area contributed by atoms with Gasteiger partial charge in [-0.15, -0.1) is 0 Å². The quantitative estimate of drug-likeness (QED) is 0.793. The molecule has 0 aromatic carbocycles. The molecule has 2 aliphatic rings. The second-order valence-corrected chi connectivity index (χ2v) is 6.36. The molecule has 0 bridgehead atoms. The monoisotopic (exact) mass is 240 g/mol. The van der Waals surface area contributed by atoms with E-state index in [0.29, 0.717) is 6.04 Å². The first-order valence-corrected chi connectivity index (χ1v) is 7.19. The van der Waals surface area contributed by atoms with Gasteiger partial charge in [-0.05, 0) is 24.8 Å². The fourth-order valence-corrected chi connectivity index (χ4v) is 3.39. The molecule has 2 unspecified atom stereocenters. The van der Waals surface area contributed by atoms with Crippen LogP contribution in [0.2, 0.25) is 0 Å². The van der Waals surface area contributed by atoms with Crippen molar-refractivity contribution in [2.75, 3.05) is 32.7 Å². The third-order valence-electron chi connectivity index (χ3n) is 4.81. The predicted octanol–water partition coefficient (Wildman–Crippen LogP) is 1.56. The molecule has 1 saturated heterocycles. The van der Waals surface area contributed by atoms with Crippen LogP contribution in [-0.4, -0.2) is 59.8 Å². The zero-order chi connectivity index (χ0) is 12.5. The second kappa shape index (κ2) is 5.25. The van der Waals surface area contributed by atoms with E-state index in [4.69, 9.17) is 0 Å². The number of rotatable bonds is 2. The van der Waals surface area contributed by atoms with E-state index in [1.165, 1.54) is 32.4 Å². The van der Waals surface area contributed by atoms with Crippen LogP contribution in [0, 0.1) is 5.41 Å². The topological polar surface area (TPSA) is 26.7 Å². The van der Waals surface area contributed by atoms with E-state index in [2.05, 4.69) is 30.6 Å². The van der Waals surface area contributed by atoms with Gasteiger partial charge in [0.2, 0.25) is 0 Å². The smallest absolute Gasteiger partial charge is 0.0746 e. The summed E-state index contributed by atoms with van der Waals surface area (Å²) in [6.07, 6.45) is 3.46. The fourth-order valence-electron chi connectivity index (χ4n) is 3.39. The van der Waals surface area contributed by atoms with Crippen LogP contribution in [0.4, 0.5) is 0 Å². The summed E-state index contributed by atoms with van der Waals surface area (Å²) >= 11 is 0. The molecule has 3 nitrogen and oxygen atoms in total. The van der Waals surface area contributed by atoms with Crippen molar-refractivity contribution in [2.24, 2.45) is 5.41 Å². The first kappa shape index (κ1) is 13.3. The van der Waals surface area contributed by atoms with Crippen LogP contribution in [0.5, 0.6) is 0 Å². The zero-order valence-electron chi connectivity index (χ0n) is 11.7. The molecule has 1 saturated carbocycles. The molecule has 100 valence electrons. The molecule has 2 rings (SSSR count). The van der Waals surface area contributed by atoms with E-state index in [1.807, 2.05) is 0 Å². The maximum absolute atomic E-state index is 10.5. The third kappa shape index (κ3) is 2.83. The Hall–Kier alpha value is -0.120. The summed E-state index contributed by atoms with van der Waals surface area (Å²) in [5.41, 5.74) is 0.102. The number of aliphatic hydroxyl groups excluding tert-OH is 1. The molecule has 2 fully saturated rings. The molecule has 3 heteroatoms. The van der Waals surface area contributed by atoms with E-state index in [0.717, 1.165) is 19.6 Å². The van der Waals surface area contributed by atoms with E-state index in [9.17, 15) is 5.11 Å². The minimum Gasteiger partial charge on any atom is -0.391 e. The maximum Gasteiger partial charge on any atom is 0.0746 e. The lowest BCUT2D eigenvalue weighted by atomic mass is 9.72. The van der Waals surface area contributed by atoms with Gasteiger partial charge in [0.15, 0.2) is 0 Å². The van der Waals surface area contributed by atoms with Crippen molar-refractivity contribution >= 4 is 0 Å². The fraction of sp³-hybridized carbons (Fsp3) is 1.00. The molecule has 1 heterocycles.